The molecule has 0 radical (unpaired) electrons. The molecule has 3 N–H and O–H groups in total. The fourth-order valence-electron chi connectivity index (χ4n) is 6.31. The van der Waals surface area contributed by atoms with Crippen molar-refractivity contribution in [2.24, 2.45) is 13.0 Å². The van der Waals surface area contributed by atoms with Crippen molar-refractivity contribution in [3.63, 3.8) is 0 Å². The Hall–Kier alpha value is -3.95. The topological polar surface area (TPSA) is 195 Å². The van der Waals surface area contributed by atoms with Gasteiger partial charge in [0.25, 0.3) is 5.91 Å². The number of sulfonamides is 1. The quantitative estimate of drug-likeness (QED) is 0.292. The largest absolute Gasteiger partial charge is 0.456 e. The highest BCUT2D eigenvalue weighted by molar-refractivity contribution is 7.91. The van der Waals surface area contributed by atoms with Crippen LogP contribution in [-0.4, -0.2) is 94.0 Å². The summed E-state index contributed by atoms with van der Waals surface area (Å²) in [6, 6.07) is -0.667. The molecule has 2 saturated carbocycles. The highest BCUT2D eigenvalue weighted by atomic mass is 32.2. The number of carbonyl (C=O) groups excluding carboxylic acids is 5. The van der Waals surface area contributed by atoms with Gasteiger partial charge in [0, 0.05) is 19.4 Å². The van der Waals surface area contributed by atoms with Gasteiger partial charge >= 0.3 is 12.1 Å². The van der Waals surface area contributed by atoms with Gasteiger partial charge in [0.15, 0.2) is 0 Å². The van der Waals surface area contributed by atoms with Gasteiger partial charge in [-0.1, -0.05) is 25.0 Å². The molecule has 2 aliphatic heterocycles. The Balaban J connectivity index is 1.43. The van der Waals surface area contributed by atoms with Gasteiger partial charge in [0.2, 0.25) is 21.8 Å². The molecule has 2 aliphatic carbocycles. The van der Waals surface area contributed by atoms with E-state index in [4.69, 9.17) is 9.47 Å². The summed E-state index contributed by atoms with van der Waals surface area (Å²) >= 11 is 0. The van der Waals surface area contributed by atoms with Crippen molar-refractivity contribution in [3.8, 4) is 0 Å². The van der Waals surface area contributed by atoms with Gasteiger partial charge in [-0.15, -0.1) is 0 Å². The van der Waals surface area contributed by atoms with Crippen LogP contribution in [0.25, 0.3) is 0 Å². The fourth-order valence-corrected chi connectivity index (χ4v) is 7.67. The Kier molecular flexibility index (Phi) is 9.96. The average Bonchev–Trinajstić information content (AvgIpc) is 3.88. The molecule has 264 valence electrons. The number of ether oxygens (including phenoxy) is 2. The van der Waals surface area contributed by atoms with Crippen LogP contribution in [0.2, 0.25) is 0 Å². The van der Waals surface area contributed by atoms with E-state index < -0.39 is 80.3 Å². The van der Waals surface area contributed by atoms with Crippen LogP contribution >= 0.6 is 0 Å². The van der Waals surface area contributed by atoms with Gasteiger partial charge in [0.05, 0.1) is 17.5 Å². The van der Waals surface area contributed by atoms with Crippen molar-refractivity contribution in [2.75, 3.05) is 6.54 Å². The SMILES string of the molecule is Cc1cc(C(=O)O[C@@H]2C[C@H]3C(=O)N[C@]4(C(=O)NS(=O)(=O)C5CC5)C[C@H]4/C=C\CCCCC[C@H](NC(=O)OC(C)(C)C)C(=O)N3C2)n(C)n1. The standard InChI is InChI=1S/C32H46N6O9S/c1-19-15-25(37(5)35-19)28(41)46-21-16-24-26(39)34-32(29(42)36-48(44,45)22-13-14-22)17-20(32)11-9-7-6-8-10-12-23(27(40)38(24)18-21)33-30(43)47-31(2,3)4/h9,11,15,20-24H,6-8,10,12-14,16-18H2,1-5H3,(H,33,43)(H,34,39)(H,36,42)/b11-9-/t20-,21-,23+,24+,32-/m1/s1. The van der Waals surface area contributed by atoms with Gasteiger partial charge in [-0.3, -0.25) is 23.8 Å². The third kappa shape index (κ3) is 8.18. The van der Waals surface area contributed by atoms with E-state index in [0.29, 0.717) is 31.4 Å². The fraction of sp³-hybridized carbons (Fsp3) is 0.688. The number of allylic oxidation sites excluding steroid dienone is 1. The monoisotopic (exact) mass is 690 g/mol. The second-order valence-corrected chi connectivity index (χ2v) is 16.2. The molecule has 1 aromatic rings. The van der Waals surface area contributed by atoms with Gasteiger partial charge in [-0.2, -0.15) is 5.10 Å². The molecule has 4 amide bonds. The Morgan fingerprint density at radius 2 is 1.83 bits per heavy atom. The zero-order valence-electron chi connectivity index (χ0n) is 28.1. The Morgan fingerprint density at radius 1 is 1.10 bits per heavy atom. The minimum atomic E-state index is -3.90. The van der Waals surface area contributed by atoms with Crippen LogP contribution in [0, 0.1) is 12.8 Å². The smallest absolute Gasteiger partial charge is 0.408 e. The Bertz CT molecular complexity index is 1590. The van der Waals surface area contributed by atoms with E-state index in [1.807, 2.05) is 12.2 Å². The number of rotatable bonds is 6. The molecular weight excluding hydrogens is 644 g/mol. The molecule has 5 atom stereocenters. The maximum absolute atomic E-state index is 14.2. The number of aromatic nitrogens is 2. The maximum atomic E-state index is 14.2. The summed E-state index contributed by atoms with van der Waals surface area (Å²) in [7, 11) is -2.30. The predicted molar refractivity (Wildman–Crippen MR) is 172 cm³/mol. The number of fused-ring (bicyclic) bond motifs is 2. The molecule has 15 nitrogen and oxygen atoms in total. The van der Waals surface area contributed by atoms with Crippen molar-refractivity contribution in [1.29, 1.82) is 0 Å². The molecule has 16 heteroatoms. The first-order valence-electron chi connectivity index (χ1n) is 16.6. The van der Waals surface area contributed by atoms with Gasteiger partial charge in [-0.25, -0.2) is 18.0 Å². The number of esters is 1. The summed E-state index contributed by atoms with van der Waals surface area (Å²) in [6.07, 6.45) is 6.14. The van der Waals surface area contributed by atoms with E-state index in [2.05, 4.69) is 20.5 Å². The van der Waals surface area contributed by atoms with Crippen LogP contribution < -0.4 is 15.4 Å². The molecule has 0 bridgehead atoms. The molecule has 5 rings (SSSR count). The molecule has 0 aromatic carbocycles. The van der Waals surface area contributed by atoms with Gasteiger partial charge in [0.1, 0.15) is 35.0 Å². The van der Waals surface area contributed by atoms with Crippen LogP contribution in [0.15, 0.2) is 18.2 Å². The number of nitrogens with zero attached hydrogens (tertiary/aromatic N) is 3. The zero-order valence-corrected chi connectivity index (χ0v) is 28.9. The lowest BCUT2D eigenvalue weighted by molar-refractivity contribution is -0.141. The average molecular weight is 691 g/mol. The molecule has 0 unspecified atom stereocenters. The second kappa shape index (κ2) is 13.5. The van der Waals surface area contributed by atoms with E-state index in [1.165, 1.54) is 9.58 Å². The molecule has 0 spiro atoms. The normalized spacial score (nSPS) is 28.9. The lowest BCUT2D eigenvalue weighted by Crippen LogP contribution is -2.58. The first kappa shape index (κ1) is 35.4. The second-order valence-electron chi connectivity index (χ2n) is 14.3. The summed E-state index contributed by atoms with van der Waals surface area (Å²) < 4.78 is 40.1. The minimum absolute atomic E-state index is 0.0854. The lowest BCUT2D eigenvalue weighted by Gasteiger charge is -2.30. The van der Waals surface area contributed by atoms with Crippen molar-refractivity contribution < 1.29 is 41.9 Å². The summed E-state index contributed by atoms with van der Waals surface area (Å²) in [5, 5.41) is 9.00. The molecule has 1 aromatic heterocycles. The number of alkyl carbamates (subject to hydrolysis) is 1. The van der Waals surface area contributed by atoms with Gasteiger partial charge < -0.3 is 25.0 Å². The maximum Gasteiger partial charge on any atom is 0.408 e. The Labute approximate surface area is 280 Å². The van der Waals surface area contributed by atoms with E-state index in [9.17, 15) is 32.4 Å². The van der Waals surface area contributed by atoms with Crippen LogP contribution in [0.5, 0.6) is 0 Å². The highest BCUT2D eigenvalue weighted by Gasteiger charge is 2.62. The number of carbonyl (C=O) groups is 5. The molecule has 48 heavy (non-hydrogen) atoms. The van der Waals surface area contributed by atoms with Gasteiger partial charge in [-0.05, 0) is 72.3 Å². The molecule has 1 saturated heterocycles. The number of hydrogen-bond acceptors (Lipinski definition) is 10. The van der Waals surface area contributed by atoms with Crippen LogP contribution in [0.3, 0.4) is 0 Å². The van der Waals surface area contributed by atoms with Crippen molar-refractivity contribution in [3.05, 3.63) is 29.6 Å². The molecule has 3 heterocycles. The summed E-state index contributed by atoms with van der Waals surface area (Å²) in [5.74, 6) is -3.22. The predicted octanol–water partition coefficient (Wildman–Crippen LogP) is 1.75. The van der Waals surface area contributed by atoms with Crippen LogP contribution in [0.1, 0.15) is 94.7 Å². The highest BCUT2D eigenvalue weighted by Crippen LogP contribution is 2.46. The third-order valence-corrected chi connectivity index (χ3v) is 10.8. The third-order valence-electron chi connectivity index (χ3n) is 9.02. The van der Waals surface area contributed by atoms with Crippen LogP contribution in [0.4, 0.5) is 4.79 Å². The Morgan fingerprint density at radius 3 is 2.48 bits per heavy atom. The zero-order chi connectivity index (χ0) is 35.0. The molecular formula is C32H46N6O9S. The van der Waals surface area contributed by atoms with Crippen molar-refractivity contribution in [2.45, 2.75) is 120 Å². The lowest BCUT2D eigenvalue weighted by atomic mass is 10.0. The summed E-state index contributed by atoms with van der Waals surface area (Å²) in [6.45, 7) is 6.69. The first-order chi connectivity index (χ1) is 22.5. The summed E-state index contributed by atoms with van der Waals surface area (Å²) in [4.78, 5) is 69.0. The van der Waals surface area contributed by atoms with Crippen LogP contribution in [-0.2, 0) is 40.9 Å². The van der Waals surface area contributed by atoms with E-state index in [1.54, 1.807) is 40.8 Å². The molecule has 4 aliphatic rings. The summed E-state index contributed by atoms with van der Waals surface area (Å²) in [5.41, 5.74) is -1.55. The van der Waals surface area contributed by atoms with Crippen molar-refractivity contribution in [1.82, 2.24) is 30.0 Å². The number of amides is 4. The number of nitrogens with one attached hydrogen (secondary N) is 3. The van der Waals surface area contributed by atoms with E-state index in [-0.39, 0.29) is 31.5 Å². The van der Waals surface area contributed by atoms with E-state index >= 15 is 0 Å². The minimum Gasteiger partial charge on any atom is -0.456 e. The van der Waals surface area contributed by atoms with E-state index in [0.717, 1.165) is 12.8 Å². The molecule has 3 fully saturated rings. The first-order valence-corrected chi connectivity index (χ1v) is 18.1. The van der Waals surface area contributed by atoms with Crippen molar-refractivity contribution >= 4 is 39.8 Å². The number of hydrogen-bond donors (Lipinski definition) is 3. The number of aryl methyl sites for hydroxylation is 2.